The Kier molecular flexibility index (Phi) is 4.13. The third-order valence-electron chi connectivity index (χ3n) is 4.02. The summed E-state index contributed by atoms with van der Waals surface area (Å²) in [6, 6.07) is 6.24. The van der Waals surface area contributed by atoms with Gasteiger partial charge in [-0.25, -0.2) is 0 Å². The van der Waals surface area contributed by atoms with Crippen LogP contribution in [0.25, 0.3) is 0 Å². The third kappa shape index (κ3) is 3.30. The monoisotopic (exact) mass is 298 g/mol. The molecule has 1 N–H and O–H groups in total. The molecule has 0 atom stereocenters. The smallest absolute Gasteiger partial charge is 0.246 e. The molecular weight excluding hydrogens is 276 g/mol. The number of hydrogen-bond donors (Lipinski definition) is 1. The van der Waals surface area contributed by atoms with E-state index in [-0.39, 0.29) is 12.5 Å². The summed E-state index contributed by atoms with van der Waals surface area (Å²) in [7, 11) is 0. The molecule has 1 aliphatic rings. The molecule has 2 heterocycles. The lowest BCUT2D eigenvalue weighted by Gasteiger charge is -2.19. The predicted molar refractivity (Wildman–Crippen MR) is 88.2 cm³/mol. The largest absolute Gasteiger partial charge is 0.372 e. The minimum atomic E-state index is -0.0554. The van der Waals surface area contributed by atoms with Crippen molar-refractivity contribution in [3.8, 4) is 0 Å². The van der Waals surface area contributed by atoms with Crippen molar-refractivity contribution < 1.29 is 4.79 Å². The SMILES string of the molecule is Cc1cnn(CC(=O)Nc2ccc(N3CCCC3)cc2C)c1. The lowest BCUT2D eigenvalue weighted by Crippen LogP contribution is -2.20. The molecule has 116 valence electrons. The maximum Gasteiger partial charge on any atom is 0.246 e. The van der Waals surface area contributed by atoms with Crippen LogP contribution in [-0.4, -0.2) is 28.8 Å². The number of amides is 1. The van der Waals surface area contributed by atoms with Gasteiger partial charge in [-0.3, -0.25) is 9.48 Å². The van der Waals surface area contributed by atoms with Crippen molar-refractivity contribution in [3.05, 3.63) is 41.7 Å². The van der Waals surface area contributed by atoms with Gasteiger partial charge in [0.2, 0.25) is 5.91 Å². The average molecular weight is 298 g/mol. The number of aromatic nitrogens is 2. The first-order valence-corrected chi connectivity index (χ1v) is 7.76. The molecule has 1 saturated heterocycles. The van der Waals surface area contributed by atoms with Crippen molar-refractivity contribution >= 4 is 17.3 Å². The Balaban J connectivity index is 1.65. The van der Waals surface area contributed by atoms with Crippen LogP contribution in [0.5, 0.6) is 0 Å². The molecule has 0 spiro atoms. The molecule has 2 aromatic rings. The molecule has 0 saturated carbocycles. The van der Waals surface area contributed by atoms with Crippen LogP contribution in [0.15, 0.2) is 30.6 Å². The second-order valence-electron chi connectivity index (χ2n) is 5.96. The van der Waals surface area contributed by atoms with E-state index in [1.54, 1.807) is 10.9 Å². The second-order valence-corrected chi connectivity index (χ2v) is 5.96. The zero-order valence-electron chi connectivity index (χ0n) is 13.2. The average Bonchev–Trinajstić information content (AvgIpc) is 3.13. The molecule has 0 bridgehead atoms. The van der Waals surface area contributed by atoms with Gasteiger partial charge in [-0.2, -0.15) is 5.10 Å². The molecule has 0 unspecified atom stereocenters. The molecule has 5 heteroatoms. The number of benzene rings is 1. The van der Waals surface area contributed by atoms with Crippen LogP contribution in [0.4, 0.5) is 11.4 Å². The summed E-state index contributed by atoms with van der Waals surface area (Å²) in [5.41, 5.74) is 4.26. The fourth-order valence-corrected chi connectivity index (χ4v) is 2.85. The van der Waals surface area contributed by atoms with Gasteiger partial charge in [-0.1, -0.05) is 0 Å². The van der Waals surface area contributed by atoms with Crippen LogP contribution in [0, 0.1) is 13.8 Å². The topological polar surface area (TPSA) is 50.2 Å². The van der Waals surface area contributed by atoms with E-state index in [1.807, 2.05) is 26.1 Å². The quantitative estimate of drug-likeness (QED) is 0.944. The Hall–Kier alpha value is -2.30. The minimum absolute atomic E-state index is 0.0554. The Bertz CT molecular complexity index is 671. The van der Waals surface area contributed by atoms with E-state index in [4.69, 9.17) is 0 Å². The zero-order valence-corrected chi connectivity index (χ0v) is 13.2. The Labute approximate surface area is 130 Å². The number of nitrogens with one attached hydrogen (secondary N) is 1. The van der Waals surface area contributed by atoms with Gasteiger partial charge in [0.1, 0.15) is 6.54 Å². The van der Waals surface area contributed by atoms with E-state index in [0.717, 1.165) is 29.9 Å². The van der Waals surface area contributed by atoms with Gasteiger partial charge in [-0.15, -0.1) is 0 Å². The minimum Gasteiger partial charge on any atom is -0.372 e. The summed E-state index contributed by atoms with van der Waals surface area (Å²) in [5.74, 6) is -0.0554. The first-order chi connectivity index (χ1) is 10.6. The van der Waals surface area contributed by atoms with Crippen LogP contribution in [0.1, 0.15) is 24.0 Å². The summed E-state index contributed by atoms with van der Waals surface area (Å²) in [6.07, 6.45) is 6.15. The summed E-state index contributed by atoms with van der Waals surface area (Å²) in [5, 5.41) is 7.10. The van der Waals surface area contributed by atoms with Crippen molar-refractivity contribution in [2.24, 2.45) is 0 Å². The summed E-state index contributed by atoms with van der Waals surface area (Å²) in [4.78, 5) is 14.5. The molecule has 0 aliphatic carbocycles. The molecule has 1 fully saturated rings. The summed E-state index contributed by atoms with van der Waals surface area (Å²) >= 11 is 0. The summed E-state index contributed by atoms with van der Waals surface area (Å²) in [6.45, 7) is 6.49. The van der Waals surface area contributed by atoms with Crippen molar-refractivity contribution in [2.75, 3.05) is 23.3 Å². The molecule has 3 rings (SSSR count). The van der Waals surface area contributed by atoms with Crippen molar-refractivity contribution in [3.63, 3.8) is 0 Å². The second kappa shape index (κ2) is 6.22. The maximum atomic E-state index is 12.1. The van der Waals surface area contributed by atoms with Gasteiger partial charge < -0.3 is 10.2 Å². The first kappa shape index (κ1) is 14.6. The first-order valence-electron chi connectivity index (χ1n) is 7.76. The molecule has 1 aromatic carbocycles. The lowest BCUT2D eigenvalue weighted by molar-refractivity contribution is -0.116. The summed E-state index contributed by atoms with van der Waals surface area (Å²) < 4.78 is 1.65. The van der Waals surface area contributed by atoms with Crippen LogP contribution in [0.3, 0.4) is 0 Å². The van der Waals surface area contributed by atoms with E-state index in [0.29, 0.717) is 0 Å². The zero-order chi connectivity index (χ0) is 15.5. The molecule has 1 aliphatic heterocycles. The van der Waals surface area contributed by atoms with Gasteiger partial charge >= 0.3 is 0 Å². The third-order valence-corrected chi connectivity index (χ3v) is 4.02. The highest BCUT2D eigenvalue weighted by Crippen LogP contribution is 2.25. The molecule has 1 aromatic heterocycles. The van der Waals surface area contributed by atoms with Crippen LogP contribution in [-0.2, 0) is 11.3 Å². The van der Waals surface area contributed by atoms with Gasteiger partial charge in [0.25, 0.3) is 0 Å². The fourth-order valence-electron chi connectivity index (χ4n) is 2.85. The molecular formula is C17H22N4O. The lowest BCUT2D eigenvalue weighted by atomic mass is 10.1. The molecule has 0 radical (unpaired) electrons. The Morgan fingerprint density at radius 2 is 2.05 bits per heavy atom. The highest BCUT2D eigenvalue weighted by Gasteiger charge is 2.13. The van der Waals surface area contributed by atoms with E-state index >= 15 is 0 Å². The molecule has 22 heavy (non-hydrogen) atoms. The van der Waals surface area contributed by atoms with Crippen molar-refractivity contribution in [1.82, 2.24) is 9.78 Å². The number of carbonyl (C=O) groups is 1. The number of hydrogen-bond acceptors (Lipinski definition) is 3. The van der Waals surface area contributed by atoms with E-state index in [9.17, 15) is 4.79 Å². The van der Waals surface area contributed by atoms with Gasteiger partial charge in [-0.05, 0) is 56.0 Å². The number of anilines is 2. The van der Waals surface area contributed by atoms with Crippen LogP contribution in [0.2, 0.25) is 0 Å². The van der Waals surface area contributed by atoms with Gasteiger partial charge in [0.15, 0.2) is 0 Å². The number of nitrogens with zero attached hydrogens (tertiary/aromatic N) is 3. The maximum absolute atomic E-state index is 12.1. The van der Waals surface area contributed by atoms with Gasteiger partial charge in [0.05, 0.1) is 6.20 Å². The Morgan fingerprint density at radius 1 is 1.27 bits per heavy atom. The van der Waals surface area contributed by atoms with E-state index in [2.05, 4.69) is 27.4 Å². The Morgan fingerprint density at radius 3 is 2.68 bits per heavy atom. The molecule has 5 nitrogen and oxygen atoms in total. The van der Waals surface area contributed by atoms with Gasteiger partial charge in [0, 0.05) is 30.7 Å². The normalized spacial score (nSPS) is 14.4. The van der Waals surface area contributed by atoms with E-state index < -0.39 is 0 Å². The number of aryl methyl sites for hydroxylation is 2. The number of rotatable bonds is 4. The highest BCUT2D eigenvalue weighted by molar-refractivity contribution is 5.91. The van der Waals surface area contributed by atoms with E-state index in [1.165, 1.54) is 18.5 Å². The predicted octanol–water partition coefficient (Wildman–Crippen LogP) is 2.74. The van der Waals surface area contributed by atoms with Crippen LogP contribution >= 0.6 is 0 Å². The van der Waals surface area contributed by atoms with Crippen molar-refractivity contribution in [1.29, 1.82) is 0 Å². The van der Waals surface area contributed by atoms with Crippen molar-refractivity contribution in [2.45, 2.75) is 33.2 Å². The standard InChI is InChI=1S/C17H22N4O/c1-13-10-18-21(11-13)12-17(22)19-16-6-5-15(9-14(16)2)20-7-3-4-8-20/h5-6,9-11H,3-4,7-8,12H2,1-2H3,(H,19,22). The molecule has 1 amide bonds. The highest BCUT2D eigenvalue weighted by atomic mass is 16.2. The fraction of sp³-hybridized carbons (Fsp3) is 0.412. The van der Waals surface area contributed by atoms with Crippen LogP contribution < -0.4 is 10.2 Å². The number of carbonyl (C=O) groups excluding carboxylic acids is 1.